The number of nitrogens with one attached hydrogen (secondary N) is 1. The molecule has 1 amide bonds. The van der Waals surface area contributed by atoms with Gasteiger partial charge in [-0.3, -0.25) is 9.59 Å². The van der Waals surface area contributed by atoms with Crippen molar-refractivity contribution in [3.05, 3.63) is 75.3 Å². The Morgan fingerprint density at radius 1 is 1.11 bits per heavy atom. The van der Waals surface area contributed by atoms with Crippen molar-refractivity contribution < 1.29 is 19.6 Å². The Balaban J connectivity index is 2.18. The molecule has 0 bridgehead atoms. The molecule has 7 heteroatoms. The molecule has 1 aliphatic heterocycles. The molecule has 146 valence electrons. The molecular formula is C21H20Cl2N2O3. The SMILES string of the molecule is C[NH+](C)CCN1C(=O)C(=O)/C(=C(/[O-])c2ccccc2)C1c1ccc(Cl)cc1Cl. The van der Waals surface area contributed by atoms with Gasteiger partial charge in [-0.2, -0.15) is 0 Å². The van der Waals surface area contributed by atoms with E-state index in [2.05, 4.69) is 0 Å². The molecular weight excluding hydrogens is 399 g/mol. The Morgan fingerprint density at radius 3 is 2.39 bits per heavy atom. The highest BCUT2D eigenvalue weighted by Gasteiger charge is 2.45. The summed E-state index contributed by atoms with van der Waals surface area (Å²) < 4.78 is 0. The first-order chi connectivity index (χ1) is 13.3. The number of nitrogens with zero attached hydrogens (tertiary/aromatic N) is 1. The van der Waals surface area contributed by atoms with Gasteiger partial charge < -0.3 is 14.9 Å². The summed E-state index contributed by atoms with van der Waals surface area (Å²) in [6.07, 6.45) is 0. The smallest absolute Gasteiger partial charge is 0.295 e. The summed E-state index contributed by atoms with van der Waals surface area (Å²) in [5.74, 6) is -1.93. The van der Waals surface area contributed by atoms with E-state index in [9.17, 15) is 14.7 Å². The van der Waals surface area contributed by atoms with Crippen molar-refractivity contribution in [1.82, 2.24) is 4.90 Å². The third-order valence-corrected chi connectivity index (χ3v) is 5.24. The van der Waals surface area contributed by atoms with E-state index in [-0.39, 0.29) is 5.57 Å². The molecule has 0 aliphatic carbocycles. The number of carbonyl (C=O) groups is 2. The van der Waals surface area contributed by atoms with Crippen LogP contribution in [0.2, 0.25) is 10.0 Å². The second-order valence-corrected chi connectivity index (χ2v) is 7.81. The Kier molecular flexibility index (Phi) is 6.08. The van der Waals surface area contributed by atoms with E-state index in [0.717, 1.165) is 4.90 Å². The summed E-state index contributed by atoms with van der Waals surface area (Å²) in [6, 6.07) is 12.5. The van der Waals surface area contributed by atoms with Gasteiger partial charge in [0.15, 0.2) is 0 Å². The van der Waals surface area contributed by atoms with Gasteiger partial charge in [-0.25, -0.2) is 0 Å². The Morgan fingerprint density at radius 2 is 1.79 bits per heavy atom. The van der Waals surface area contributed by atoms with Crippen molar-refractivity contribution in [3.63, 3.8) is 0 Å². The molecule has 1 unspecified atom stereocenters. The quantitative estimate of drug-likeness (QED) is 0.452. The standard InChI is InChI=1S/C21H20Cl2N2O3/c1-24(2)10-11-25-18(15-9-8-14(22)12-16(15)23)17(20(27)21(25)28)19(26)13-6-4-3-5-7-13/h3-9,12,18,26H,10-11H2,1-2H3/b19-17+. The lowest BCUT2D eigenvalue weighted by atomic mass is 9.95. The normalized spacial score (nSPS) is 18.9. The molecule has 0 radical (unpaired) electrons. The van der Waals surface area contributed by atoms with E-state index in [1.807, 2.05) is 14.1 Å². The van der Waals surface area contributed by atoms with Gasteiger partial charge in [0.2, 0.25) is 5.78 Å². The number of quaternary nitrogens is 1. The molecule has 1 fully saturated rings. The summed E-state index contributed by atoms with van der Waals surface area (Å²) in [7, 11) is 3.90. The van der Waals surface area contributed by atoms with Crippen molar-refractivity contribution in [2.45, 2.75) is 6.04 Å². The molecule has 1 saturated heterocycles. The van der Waals surface area contributed by atoms with E-state index in [0.29, 0.717) is 34.3 Å². The van der Waals surface area contributed by atoms with Crippen LogP contribution in [0.25, 0.3) is 5.76 Å². The Hall–Kier alpha value is -2.34. The predicted molar refractivity (Wildman–Crippen MR) is 107 cm³/mol. The number of hydrogen-bond acceptors (Lipinski definition) is 3. The van der Waals surface area contributed by atoms with Crippen LogP contribution >= 0.6 is 23.2 Å². The van der Waals surface area contributed by atoms with Crippen molar-refractivity contribution in [2.24, 2.45) is 0 Å². The van der Waals surface area contributed by atoms with Crippen molar-refractivity contribution in [1.29, 1.82) is 0 Å². The first-order valence-corrected chi connectivity index (χ1v) is 9.62. The predicted octanol–water partition coefficient (Wildman–Crippen LogP) is 1.36. The first kappa shape index (κ1) is 20.4. The summed E-state index contributed by atoms with van der Waals surface area (Å²) in [5.41, 5.74) is 0.793. The molecule has 1 heterocycles. The number of benzene rings is 2. The van der Waals surface area contributed by atoms with Crippen LogP contribution in [-0.4, -0.2) is 43.8 Å². The second kappa shape index (κ2) is 8.35. The molecule has 3 rings (SSSR count). The zero-order valence-corrected chi connectivity index (χ0v) is 17.1. The highest BCUT2D eigenvalue weighted by atomic mass is 35.5. The van der Waals surface area contributed by atoms with Crippen LogP contribution in [0.1, 0.15) is 17.2 Å². The van der Waals surface area contributed by atoms with Crippen molar-refractivity contribution in [3.8, 4) is 0 Å². The lowest BCUT2D eigenvalue weighted by Gasteiger charge is -2.28. The van der Waals surface area contributed by atoms with Gasteiger partial charge in [-0.15, -0.1) is 0 Å². The van der Waals surface area contributed by atoms with Crippen LogP contribution in [0.3, 0.4) is 0 Å². The van der Waals surface area contributed by atoms with Crippen LogP contribution in [0, 0.1) is 0 Å². The van der Waals surface area contributed by atoms with E-state index in [4.69, 9.17) is 23.2 Å². The second-order valence-electron chi connectivity index (χ2n) is 6.96. The Labute approximate surface area is 173 Å². The van der Waals surface area contributed by atoms with Gasteiger partial charge in [-0.1, -0.05) is 65.4 Å². The number of carbonyl (C=O) groups excluding carboxylic acids is 2. The van der Waals surface area contributed by atoms with E-state index in [1.54, 1.807) is 48.5 Å². The van der Waals surface area contributed by atoms with Gasteiger partial charge in [0.1, 0.15) is 0 Å². The number of likely N-dealkylation sites (N-methyl/N-ethyl adjacent to an activating group) is 1. The van der Waals surface area contributed by atoms with Gasteiger partial charge in [0.05, 0.1) is 33.2 Å². The fourth-order valence-electron chi connectivity index (χ4n) is 3.24. The molecule has 0 aromatic heterocycles. The van der Waals surface area contributed by atoms with Crippen LogP contribution in [-0.2, 0) is 9.59 Å². The molecule has 1 N–H and O–H groups in total. The van der Waals surface area contributed by atoms with E-state index >= 15 is 0 Å². The zero-order valence-electron chi connectivity index (χ0n) is 15.5. The summed E-state index contributed by atoms with van der Waals surface area (Å²) in [4.78, 5) is 28.1. The largest absolute Gasteiger partial charge is 0.872 e. The number of hydrogen-bond donors (Lipinski definition) is 1. The maximum absolute atomic E-state index is 13.1. The third kappa shape index (κ3) is 3.92. The highest BCUT2D eigenvalue weighted by Crippen LogP contribution is 2.41. The first-order valence-electron chi connectivity index (χ1n) is 8.87. The fourth-order valence-corrected chi connectivity index (χ4v) is 3.75. The molecule has 0 spiro atoms. The summed E-state index contributed by atoms with van der Waals surface area (Å²) >= 11 is 12.4. The molecule has 1 aliphatic rings. The highest BCUT2D eigenvalue weighted by molar-refractivity contribution is 6.47. The third-order valence-electron chi connectivity index (χ3n) is 4.68. The lowest BCUT2D eigenvalue weighted by Crippen LogP contribution is -3.06. The molecule has 1 atom stereocenters. The monoisotopic (exact) mass is 418 g/mol. The van der Waals surface area contributed by atoms with Gasteiger partial charge in [0, 0.05) is 15.6 Å². The van der Waals surface area contributed by atoms with Crippen LogP contribution in [0.5, 0.6) is 0 Å². The van der Waals surface area contributed by atoms with E-state index < -0.39 is 23.5 Å². The summed E-state index contributed by atoms with van der Waals surface area (Å²) in [5, 5.41) is 13.9. The maximum Gasteiger partial charge on any atom is 0.295 e. The minimum atomic E-state index is -0.836. The Bertz CT molecular complexity index is 942. The number of halogens is 2. The number of amides is 1. The number of rotatable bonds is 5. The van der Waals surface area contributed by atoms with Crippen LogP contribution in [0.4, 0.5) is 0 Å². The average Bonchev–Trinajstić information content (AvgIpc) is 2.91. The molecule has 28 heavy (non-hydrogen) atoms. The van der Waals surface area contributed by atoms with Gasteiger partial charge in [0.25, 0.3) is 5.91 Å². The molecule has 0 saturated carbocycles. The van der Waals surface area contributed by atoms with Crippen LogP contribution in [0.15, 0.2) is 54.1 Å². The minimum absolute atomic E-state index is 0.0748. The number of likely N-dealkylation sites (tertiary alicyclic amines) is 1. The maximum atomic E-state index is 13.1. The zero-order chi connectivity index (χ0) is 20.4. The van der Waals surface area contributed by atoms with Gasteiger partial charge in [-0.05, 0) is 23.3 Å². The summed E-state index contributed by atoms with van der Waals surface area (Å²) in [6.45, 7) is 0.940. The lowest BCUT2D eigenvalue weighted by molar-refractivity contribution is -0.857. The molecule has 5 nitrogen and oxygen atoms in total. The topological polar surface area (TPSA) is 64.9 Å². The van der Waals surface area contributed by atoms with E-state index in [1.165, 1.54) is 4.90 Å². The number of Topliss-reactive ketones (excluding diaryl/α,β-unsaturated/α-hetero) is 1. The van der Waals surface area contributed by atoms with Crippen LogP contribution < -0.4 is 10.0 Å². The van der Waals surface area contributed by atoms with Crippen molar-refractivity contribution >= 4 is 40.7 Å². The fraction of sp³-hybridized carbons (Fsp3) is 0.238. The average molecular weight is 419 g/mol. The molecule has 2 aromatic rings. The number of ketones is 1. The minimum Gasteiger partial charge on any atom is -0.872 e. The molecule has 2 aromatic carbocycles. The van der Waals surface area contributed by atoms with Crippen molar-refractivity contribution in [2.75, 3.05) is 27.2 Å². The van der Waals surface area contributed by atoms with Gasteiger partial charge >= 0.3 is 0 Å².